The number of methoxy groups -OCH3 is 3. The fourth-order valence-electron chi connectivity index (χ4n) is 3.49. The van der Waals surface area contributed by atoms with Gasteiger partial charge in [-0.15, -0.1) is 0 Å². The molecule has 3 aromatic rings. The number of ketones is 1. The summed E-state index contributed by atoms with van der Waals surface area (Å²) >= 11 is 0. The highest BCUT2D eigenvalue weighted by Crippen LogP contribution is 2.27. The van der Waals surface area contributed by atoms with E-state index in [1.807, 2.05) is 12.1 Å². The monoisotopic (exact) mass is 494 g/mol. The molecule has 8 nitrogen and oxygen atoms in total. The lowest BCUT2D eigenvalue weighted by atomic mass is 10.0. The molecule has 1 unspecified atom stereocenters. The van der Waals surface area contributed by atoms with E-state index in [0.717, 1.165) is 5.56 Å². The Bertz CT molecular complexity index is 1140. The van der Waals surface area contributed by atoms with Crippen LogP contribution in [0.3, 0.4) is 0 Å². The van der Waals surface area contributed by atoms with E-state index in [4.69, 9.17) is 28.8 Å². The van der Waals surface area contributed by atoms with Gasteiger partial charge in [0.1, 0.15) is 23.0 Å². The van der Waals surface area contributed by atoms with E-state index in [1.54, 1.807) is 61.7 Å². The van der Waals surface area contributed by atoms with Gasteiger partial charge >= 0.3 is 5.97 Å². The molecular formula is C28H30O8. The summed E-state index contributed by atoms with van der Waals surface area (Å²) in [5.41, 5.74) is 1.84. The molecular weight excluding hydrogens is 464 g/mol. The van der Waals surface area contributed by atoms with E-state index < -0.39 is 12.1 Å². The Morgan fingerprint density at radius 1 is 0.778 bits per heavy atom. The zero-order chi connectivity index (χ0) is 25.9. The Balaban J connectivity index is 1.44. The predicted molar refractivity (Wildman–Crippen MR) is 134 cm³/mol. The Kier molecular flexibility index (Phi) is 9.71. The maximum atomic E-state index is 12.9. The van der Waals surface area contributed by atoms with E-state index >= 15 is 0 Å². The summed E-state index contributed by atoms with van der Waals surface area (Å²) in [5.74, 6) is 1.28. The van der Waals surface area contributed by atoms with E-state index in [9.17, 15) is 9.59 Å². The maximum absolute atomic E-state index is 12.9. The van der Waals surface area contributed by atoms with Crippen LogP contribution in [0.5, 0.6) is 23.0 Å². The van der Waals surface area contributed by atoms with Gasteiger partial charge in [-0.05, 0) is 54.1 Å². The molecule has 3 aromatic carbocycles. The molecule has 0 amide bonds. The average Bonchev–Trinajstić information content (AvgIpc) is 2.91. The van der Waals surface area contributed by atoms with Gasteiger partial charge in [-0.2, -0.15) is 0 Å². The summed E-state index contributed by atoms with van der Waals surface area (Å²) in [6.07, 6.45) is 0.0835. The highest BCUT2D eigenvalue weighted by atomic mass is 16.5. The molecule has 190 valence electrons. The van der Waals surface area contributed by atoms with Crippen LogP contribution >= 0.6 is 0 Å². The number of rotatable bonds is 14. The van der Waals surface area contributed by atoms with Gasteiger partial charge in [0.15, 0.2) is 11.9 Å². The van der Waals surface area contributed by atoms with Gasteiger partial charge in [0, 0.05) is 31.6 Å². The average molecular weight is 495 g/mol. The van der Waals surface area contributed by atoms with Gasteiger partial charge in [0.25, 0.3) is 0 Å². The molecule has 0 aromatic heterocycles. The third-order valence-electron chi connectivity index (χ3n) is 5.50. The first-order chi connectivity index (χ1) is 17.4. The highest BCUT2D eigenvalue weighted by Gasteiger charge is 2.17. The topological polar surface area (TPSA) is 101 Å². The fraction of sp³-hybridized carbons (Fsp3) is 0.286. The van der Waals surface area contributed by atoms with Crippen molar-refractivity contribution in [1.29, 1.82) is 0 Å². The number of benzene rings is 3. The van der Waals surface area contributed by atoms with Crippen molar-refractivity contribution in [2.75, 3.05) is 34.5 Å². The molecule has 1 atom stereocenters. The van der Waals surface area contributed by atoms with Gasteiger partial charge in [0.2, 0.25) is 0 Å². The maximum Gasteiger partial charge on any atom is 0.333 e. The molecule has 0 spiro atoms. The summed E-state index contributed by atoms with van der Waals surface area (Å²) in [6, 6.07) is 19.3. The van der Waals surface area contributed by atoms with Crippen molar-refractivity contribution >= 4 is 11.8 Å². The van der Waals surface area contributed by atoms with Crippen LogP contribution in [0.1, 0.15) is 27.9 Å². The van der Waals surface area contributed by atoms with E-state index in [2.05, 4.69) is 0 Å². The molecule has 3 rings (SSSR count). The van der Waals surface area contributed by atoms with Gasteiger partial charge < -0.3 is 28.8 Å². The second kappa shape index (κ2) is 13.2. The molecule has 0 saturated heterocycles. The SMILES string of the molecule is COc1ccc(C(=O)c2ccc(OCCCOc3ccc(CC(OC)C(=O)O)cc3)cc2)c(OC)c1. The standard InChI is InChI=1S/C28H30O8/c1-32-23-13-14-24(25(18-23)33-2)27(29)20-7-11-22(12-8-20)36-16-4-15-35-21-9-5-19(6-10-21)17-26(34-3)28(30)31/h5-14,18,26H,4,15-17H2,1-3H3,(H,30,31). The smallest absolute Gasteiger partial charge is 0.333 e. The van der Waals surface area contributed by atoms with Crippen molar-refractivity contribution in [2.24, 2.45) is 0 Å². The lowest BCUT2D eigenvalue weighted by molar-refractivity contribution is -0.148. The Labute approximate surface area is 210 Å². The van der Waals surface area contributed by atoms with Crippen LogP contribution in [-0.4, -0.2) is 57.5 Å². The summed E-state index contributed by atoms with van der Waals surface area (Å²) in [4.78, 5) is 24.0. The minimum Gasteiger partial charge on any atom is -0.497 e. The number of hydrogen-bond acceptors (Lipinski definition) is 7. The molecule has 8 heteroatoms. The summed E-state index contributed by atoms with van der Waals surface area (Å²) in [7, 11) is 4.45. The molecule has 0 fully saturated rings. The van der Waals surface area contributed by atoms with Crippen LogP contribution in [0.4, 0.5) is 0 Å². The Morgan fingerprint density at radius 2 is 1.36 bits per heavy atom. The lowest BCUT2D eigenvalue weighted by Gasteiger charge is -2.12. The van der Waals surface area contributed by atoms with Crippen molar-refractivity contribution in [1.82, 2.24) is 0 Å². The second-order valence-electron chi connectivity index (χ2n) is 7.88. The van der Waals surface area contributed by atoms with Crippen molar-refractivity contribution in [3.05, 3.63) is 83.4 Å². The van der Waals surface area contributed by atoms with E-state index in [1.165, 1.54) is 14.2 Å². The predicted octanol–water partition coefficient (Wildman–Crippen LogP) is 4.42. The fourth-order valence-corrected chi connectivity index (χ4v) is 3.49. The van der Waals surface area contributed by atoms with Crippen molar-refractivity contribution in [2.45, 2.75) is 18.9 Å². The molecule has 36 heavy (non-hydrogen) atoms. The minimum absolute atomic E-state index is 0.152. The highest BCUT2D eigenvalue weighted by molar-refractivity contribution is 6.10. The minimum atomic E-state index is -0.989. The van der Waals surface area contributed by atoms with Gasteiger partial charge in [0.05, 0.1) is 33.0 Å². The normalized spacial score (nSPS) is 11.4. The number of hydrogen-bond donors (Lipinski definition) is 1. The van der Waals surface area contributed by atoms with Crippen LogP contribution in [0.25, 0.3) is 0 Å². The van der Waals surface area contributed by atoms with Crippen LogP contribution < -0.4 is 18.9 Å². The molecule has 0 bridgehead atoms. The number of aliphatic carboxylic acids is 1. The molecule has 0 aliphatic heterocycles. The molecule has 0 aliphatic rings. The number of ether oxygens (including phenoxy) is 5. The lowest BCUT2D eigenvalue weighted by Crippen LogP contribution is -2.24. The van der Waals surface area contributed by atoms with Crippen molar-refractivity contribution in [3.63, 3.8) is 0 Å². The largest absolute Gasteiger partial charge is 0.497 e. The van der Waals surface area contributed by atoms with Crippen molar-refractivity contribution < 1.29 is 38.4 Å². The van der Waals surface area contributed by atoms with Gasteiger partial charge in [-0.3, -0.25) is 4.79 Å². The zero-order valence-electron chi connectivity index (χ0n) is 20.6. The molecule has 0 heterocycles. The molecule has 0 radical (unpaired) electrons. The van der Waals surface area contributed by atoms with Crippen LogP contribution in [-0.2, 0) is 16.0 Å². The number of carboxylic acid groups (broad SMARTS) is 1. The number of carbonyl (C=O) groups excluding carboxylic acids is 1. The summed E-state index contributed by atoms with van der Waals surface area (Å²) in [6.45, 7) is 0.912. The molecule has 1 N–H and O–H groups in total. The summed E-state index contributed by atoms with van der Waals surface area (Å²) in [5, 5.41) is 9.07. The first kappa shape index (κ1) is 26.6. The van der Waals surface area contributed by atoms with Crippen molar-refractivity contribution in [3.8, 4) is 23.0 Å². The Hall–Kier alpha value is -4.04. The quantitative estimate of drug-likeness (QED) is 0.260. The molecule has 0 aliphatic carbocycles. The van der Waals surface area contributed by atoms with Crippen LogP contribution in [0, 0.1) is 0 Å². The van der Waals surface area contributed by atoms with Crippen LogP contribution in [0.15, 0.2) is 66.7 Å². The van der Waals surface area contributed by atoms with Gasteiger partial charge in [-0.25, -0.2) is 4.79 Å². The third-order valence-corrected chi connectivity index (χ3v) is 5.50. The molecule has 0 saturated carbocycles. The third kappa shape index (κ3) is 7.23. The zero-order valence-corrected chi connectivity index (χ0v) is 20.6. The van der Waals surface area contributed by atoms with Gasteiger partial charge in [-0.1, -0.05) is 12.1 Å². The number of carbonyl (C=O) groups is 2. The number of carboxylic acids is 1. The second-order valence-corrected chi connectivity index (χ2v) is 7.88. The van der Waals surface area contributed by atoms with E-state index in [0.29, 0.717) is 53.8 Å². The first-order valence-corrected chi connectivity index (χ1v) is 11.4. The summed E-state index contributed by atoms with van der Waals surface area (Å²) < 4.78 is 27.0. The van der Waals surface area contributed by atoms with E-state index in [-0.39, 0.29) is 12.2 Å². The Morgan fingerprint density at radius 3 is 1.89 bits per heavy atom. The first-order valence-electron chi connectivity index (χ1n) is 11.4. The van der Waals surface area contributed by atoms with Crippen LogP contribution in [0.2, 0.25) is 0 Å².